The first-order valence-electron chi connectivity index (χ1n) is 5.22. The average Bonchev–Trinajstić information content (AvgIpc) is 2.72. The second-order valence-electron chi connectivity index (χ2n) is 3.92. The molecule has 1 unspecified atom stereocenters. The van der Waals surface area contributed by atoms with Crippen LogP contribution in [0.5, 0.6) is 0 Å². The highest BCUT2D eigenvalue weighted by atomic mass is 16.2. The number of hydrogen-bond donors (Lipinski definition) is 2. The Hall–Kier alpha value is -2.10. The van der Waals surface area contributed by atoms with Crippen molar-refractivity contribution in [2.45, 2.75) is 12.3 Å². The van der Waals surface area contributed by atoms with Gasteiger partial charge >= 0.3 is 0 Å². The van der Waals surface area contributed by atoms with E-state index in [0.29, 0.717) is 5.82 Å². The lowest BCUT2D eigenvalue weighted by Crippen LogP contribution is -2.30. The molecular weight excluding hydrogens is 202 g/mol. The van der Waals surface area contributed by atoms with Crippen LogP contribution in [0.4, 0.5) is 5.82 Å². The molecule has 4 heteroatoms. The van der Waals surface area contributed by atoms with Crippen molar-refractivity contribution >= 4 is 11.7 Å². The van der Waals surface area contributed by atoms with Crippen LogP contribution in [0.15, 0.2) is 36.5 Å². The molecule has 1 aliphatic rings. The lowest BCUT2D eigenvalue weighted by molar-refractivity contribution is -0.118. The molecule has 2 N–H and O–H groups in total. The maximum atomic E-state index is 11.9. The van der Waals surface area contributed by atoms with Gasteiger partial charge in [-0.1, -0.05) is 24.3 Å². The highest BCUT2D eigenvalue weighted by molar-refractivity contribution is 5.97. The number of aromatic amines is 1. The van der Waals surface area contributed by atoms with Crippen molar-refractivity contribution in [3.8, 4) is 0 Å². The van der Waals surface area contributed by atoms with Crippen LogP contribution in [0, 0.1) is 0 Å². The summed E-state index contributed by atoms with van der Waals surface area (Å²) < 4.78 is 0. The molecule has 3 rings (SSSR count). The molecule has 0 saturated carbocycles. The molecule has 0 aliphatic heterocycles. The highest BCUT2D eigenvalue weighted by Crippen LogP contribution is 2.35. The first-order valence-corrected chi connectivity index (χ1v) is 5.22. The zero-order valence-electron chi connectivity index (χ0n) is 8.60. The first-order chi connectivity index (χ1) is 7.84. The van der Waals surface area contributed by atoms with E-state index in [1.54, 1.807) is 12.3 Å². The van der Waals surface area contributed by atoms with Crippen molar-refractivity contribution in [2.24, 2.45) is 0 Å². The molecule has 1 aromatic heterocycles. The zero-order chi connectivity index (χ0) is 11.0. The summed E-state index contributed by atoms with van der Waals surface area (Å²) in [7, 11) is 0. The lowest BCUT2D eigenvalue weighted by atomic mass is 9.77. The van der Waals surface area contributed by atoms with Crippen LogP contribution in [-0.2, 0) is 11.2 Å². The number of carbonyl (C=O) groups is 1. The number of nitrogens with zero attached hydrogens (tertiary/aromatic N) is 1. The minimum atomic E-state index is -0.0144. The van der Waals surface area contributed by atoms with E-state index < -0.39 is 0 Å². The Labute approximate surface area is 92.7 Å². The van der Waals surface area contributed by atoms with Crippen molar-refractivity contribution in [2.75, 3.05) is 5.32 Å². The SMILES string of the molecule is O=C(Nc1ccn[nH]1)C1Cc2ccccc21. The summed E-state index contributed by atoms with van der Waals surface area (Å²) in [6, 6.07) is 9.78. The zero-order valence-corrected chi connectivity index (χ0v) is 8.60. The molecule has 0 radical (unpaired) electrons. The first kappa shape index (κ1) is 9.15. The molecule has 1 heterocycles. The molecule has 4 nitrogen and oxygen atoms in total. The van der Waals surface area contributed by atoms with Crippen LogP contribution in [0.1, 0.15) is 17.0 Å². The number of fused-ring (bicyclic) bond motifs is 1. The summed E-state index contributed by atoms with van der Waals surface area (Å²) in [5, 5.41) is 9.30. The summed E-state index contributed by atoms with van der Waals surface area (Å²) in [6.07, 6.45) is 2.44. The molecule has 0 spiro atoms. The van der Waals surface area contributed by atoms with Gasteiger partial charge in [-0.25, -0.2) is 0 Å². The molecule has 1 aromatic carbocycles. The van der Waals surface area contributed by atoms with Gasteiger partial charge in [0.05, 0.1) is 12.1 Å². The van der Waals surface area contributed by atoms with Gasteiger partial charge in [-0.3, -0.25) is 9.89 Å². The molecule has 80 valence electrons. The molecule has 2 aromatic rings. The largest absolute Gasteiger partial charge is 0.311 e. The molecule has 0 saturated heterocycles. The Bertz CT molecular complexity index is 519. The van der Waals surface area contributed by atoms with Crippen LogP contribution in [0.2, 0.25) is 0 Å². The van der Waals surface area contributed by atoms with Gasteiger partial charge in [-0.2, -0.15) is 5.10 Å². The van der Waals surface area contributed by atoms with E-state index in [9.17, 15) is 4.79 Å². The monoisotopic (exact) mass is 213 g/mol. The van der Waals surface area contributed by atoms with Gasteiger partial charge in [0.15, 0.2) is 0 Å². The molecule has 1 aliphatic carbocycles. The summed E-state index contributed by atoms with van der Waals surface area (Å²) in [5.74, 6) is 0.664. The van der Waals surface area contributed by atoms with Gasteiger partial charge in [0, 0.05) is 6.07 Å². The Morgan fingerprint density at radius 2 is 2.25 bits per heavy atom. The summed E-state index contributed by atoms with van der Waals surface area (Å²) >= 11 is 0. The van der Waals surface area contributed by atoms with Crippen molar-refractivity contribution in [1.82, 2.24) is 10.2 Å². The molecule has 1 amide bonds. The molecule has 0 fully saturated rings. The second kappa shape index (κ2) is 3.48. The fourth-order valence-electron chi connectivity index (χ4n) is 2.04. The number of benzene rings is 1. The number of H-pyrrole nitrogens is 1. The van der Waals surface area contributed by atoms with Crippen LogP contribution < -0.4 is 5.32 Å². The smallest absolute Gasteiger partial charge is 0.233 e. The summed E-state index contributed by atoms with van der Waals surface area (Å²) in [4.78, 5) is 11.9. The number of aromatic nitrogens is 2. The van der Waals surface area contributed by atoms with Gasteiger partial charge in [-0.15, -0.1) is 0 Å². The number of carbonyl (C=O) groups excluding carboxylic acids is 1. The van der Waals surface area contributed by atoms with E-state index in [1.165, 1.54) is 5.56 Å². The number of amides is 1. The molecule has 16 heavy (non-hydrogen) atoms. The maximum Gasteiger partial charge on any atom is 0.233 e. The molecule has 1 atom stereocenters. The Morgan fingerprint density at radius 3 is 3.00 bits per heavy atom. The fraction of sp³-hybridized carbons (Fsp3) is 0.167. The van der Waals surface area contributed by atoms with E-state index in [2.05, 4.69) is 21.6 Å². The summed E-state index contributed by atoms with van der Waals surface area (Å²) in [6.45, 7) is 0. The number of rotatable bonds is 2. The minimum absolute atomic E-state index is 0.0144. The normalized spacial score (nSPS) is 17.4. The van der Waals surface area contributed by atoms with Crippen LogP contribution in [0.3, 0.4) is 0 Å². The fourth-order valence-corrected chi connectivity index (χ4v) is 2.04. The van der Waals surface area contributed by atoms with E-state index in [4.69, 9.17) is 0 Å². The van der Waals surface area contributed by atoms with Gasteiger partial charge in [0.1, 0.15) is 5.82 Å². The highest BCUT2D eigenvalue weighted by Gasteiger charge is 2.31. The minimum Gasteiger partial charge on any atom is -0.311 e. The lowest BCUT2D eigenvalue weighted by Gasteiger charge is -2.28. The van der Waals surface area contributed by atoms with E-state index in [0.717, 1.165) is 12.0 Å². The number of hydrogen-bond acceptors (Lipinski definition) is 2. The number of anilines is 1. The topological polar surface area (TPSA) is 57.8 Å². The van der Waals surface area contributed by atoms with Gasteiger partial charge < -0.3 is 5.32 Å². The maximum absolute atomic E-state index is 11.9. The van der Waals surface area contributed by atoms with Crippen molar-refractivity contribution < 1.29 is 4.79 Å². The van der Waals surface area contributed by atoms with Gasteiger partial charge in [0.2, 0.25) is 5.91 Å². The Kier molecular flexibility index (Phi) is 1.99. The van der Waals surface area contributed by atoms with E-state index in [-0.39, 0.29) is 11.8 Å². The Balaban J connectivity index is 1.75. The molecule has 0 bridgehead atoms. The van der Waals surface area contributed by atoms with Crippen molar-refractivity contribution in [1.29, 1.82) is 0 Å². The van der Waals surface area contributed by atoms with Crippen LogP contribution >= 0.6 is 0 Å². The van der Waals surface area contributed by atoms with Gasteiger partial charge in [0.25, 0.3) is 0 Å². The third-order valence-electron chi connectivity index (χ3n) is 2.93. The quantitative estimate of drug-likeness (QED) is 0.797. The molecular formula is C12H11N3O. The van der Waals surface area contributed by atoms with Crippen LogP contribution in [0.25, 0.3) is 0 Å². The van der Waals surface area contributed by atoms with Crippen molar-refractivity contribution in [3.63, 3.8) is 0 Å². The van der Waals surface area contributed by atoms with Crippen molar-refractivity contribution in [3.05, 3.63) is 47.7 Å². The van der Waals surface area contributed by atoms with Gasteiger partial charge in [-0.05, 0) is 17.5 Å². The third kappa shape index (κ3) is 1.39. The van der Waals surface area contributed by atoms with E-state index >= 15 is 0 Å². The predicted molar refractivity (Wildman–Crippen MR) is 60.1 cm³/mol. The van der Waals surface area contributed by atoms with Crippen LogP contribution in [-0.4, -0.2) is 16.1 Å². The predicted octanol–water partition coefficient (Wildman–Crippen LogP) is 1.69. The number of nitrogens with one attached hydrogen (secondary N) is 2. The summed E-state index contributed by atoms with van der Waals surface area (Å²) in [5.41, 5.74) is 2.41. The third-order valence-corrected chi connectivity index (χ3v) is 2.93. The Morgan fingerprint density at radius 1 is 1.38 bits per heavy atom. The standard InChI is InChI=1S/C12H11N3O/c16-12(14-11-5-6-13-15-11)10-7-8-3-1-2-4-9(8)10/h1-6,10H,7H2,(H2,13,14,15,16). The second-order valence-corrected chi connectivity index (χ2v) is 3.92. The average molecular weight is 213 g/mol. The van der Waals surface area contributed by atoms with E-state index in [1.807, 2.05) is 18.2 Å².